The Morgan fingerprint density at radius 3 is 2.67 bits per heavy atom. The molecular weight excluding hydrogens is 338 g/mol. The number of nitrogens with one attached hydrogen (secondary N) is 1. The molecule has 1 atom stereocenters. The van der Waals surface area contributed by atoms with Crippen LogP contribution in [-0.2, 0) is 0 Å². The molecule has 4 nitrogen and oxygen atoms in total. The van der Waals surface area contributed by atoms with Gasteiger partial charge in [0.05, 0.1) is 13.2 Å². The van der Waals surface area contributed by atoms with Gasteiger partial charge in [-0.1, -0.05) is 24.6 Å². The van der Waals surface area contributed by atoms with Gasteiger partial charge in [0.2, 0.25) is 0 Å². The standard InChI is InChI=1S/C23H27NO3/c1-16-14-17(10-11-20(16)26-2)22(25)24-19-15-23(12-6-3-7-13-23)27-21-9-5-4-8-18(19)21/h4-5,8-11,14,19H,3,6-7,12-13,15H2,1-2H3,(H,24,25)/t19-/m0/s1. The van der Waals surface area contributed by atoms with Crippen LogP contribution < -0.4 is 14.8 Å². The van der Waals surface area contributed by atoms with Crippen LogP contribution >= 0.6 is 0 Å². The number of hydrogen-bond donors (Lipinski definition) is 1. The topological polar surface area (TPSA) is 47.6 Å². The predicted octanol–water partition coefficient (Wildman–Crippen LogP) is 4.96. The van der Waals surface area contributed by atoms with E-state index in [-0.39, 0.29) is 17.6 Å². The summed E-state index contributed by atoms with van der Waals surface area (Å²) in [5, 5.41) is 3.27. The number of ether oxygens (including phenoxy) is 2. The summed E-state index contributed by atoms with van der Waals surface area (Å²) in [7, 11) is 1.64. The summed E-state index contributed by atoms with van der Waals surface area (Å²) in [4.78, 5) is 13.0. The molecule has 0 saturated heterocycles. The lowest BCUT2D eigenvalue weighted by atomic mass is 9.77. The molecule has 4 heteroatoms. The third-order valence-electron chi connectivity index (χ3n) is 5.92. The molecule has 0 aromatic heterocycles. The van der Waals surface area contributed by atoms with Gasteiger partial charge in [0.1, 0.15) is 17.1 Å². The minimum Gasteiger partial charge on any atom is -0.496 e. The number of methoxy groups -OCH3 is 1. The second-order valence-corrected chi connectivity index (χ2v) is 7.80. The fourth-order valence-electron chi connectivity index (χ4n) is 4.51. The highest BCUT2D eigenvalue weighted by atomic mass is 16.5. The van der Waals surface area contributed by atoms with Gasteiger partial charge in [-0.15, -0.1) is 0 Å². The van der Waals surface area contributed by atoms with E-state index in [9.17, 15) is 4.79 Å². The van der Waals surface area contributed by atoms with Crippen molar-refractivity contribution < 1.29 is 14.3 Å². The van der Waals surface area contributed by atoms with Crippen molar-refractivity contribution >= 4 is 5.91 Å². The van der Waals surface area contributed by atoms with Gasteiger partial charge in [0.15, 0.2) is 0 Å². The molecule has 1 N–H and O–H groups in total. The summed E-state index contributed by atoms with van der Waals surface area (Å²) in [6.45, 7) is 1.95. The van der Waals surface area contributed by atoms with Crippen LogP contribution in [0.5, 0.6) is 11.5 Å². The van der Waals surface area contributed by atoms with E-state index < -0.39 is 0 Å². The summed E-state index contributed by atoms with van der Waals surface area (Å²) >= 11 is 0. The largest absolute Gasteiger partial charge is 0.496 e. The van der Waals surface area contributed by atoms with E-state index in [0.717, 1.165) is 41.9 Å². The summed E-state index contributed by atoms with van der Waals surface area (Å²) in [6.07, 6.45) is 6.63. The van der Waals surface area contributed by atoms with Crippen molar-refractivity contribution in [1.29, 1.82) is 0 Å². The number of fused-ring (bicyclic) bond motifs is 1. The molecule has 2 aromatic carbocycles. The SMILES string of the molecule is COc1ccc(C(=O)N[C@H]2CC3(CCCCC3)Oc3ccccc32)cc1C. The van der Waals surface area contributed by atoms with E-state index >= 15 is 0 Å². The van der Waals surface area contributed by atoms with Crippen molar-refractivity contribution in [3.05, 3.63) is 59.2 Å². The zero-order valence-electron chi connectivity index (χ0n) is 16.1. The molecule has 4 rings (SSSR count). The van der Waals surface area contributed by atoms with E-state index in [2.05, 4.69) is 11.4 Å². The molecule has 1 spiro atoms. The molecule has 0 radical (unpaired) electrons. The quantitative estimate of drug-likeness (QED) is 0.836. The average molecular weight is 365 g/mol. The molecule has 2 aromatic rings. The zero-order valence-corrected chi connectivity index (χ0v) is 16.1. The second-order valence-electron chi connectivity index (χ2n) is 7.80. The number of benzene rings is 2. The Morgan fingerprint density at radius 2 is 1.93 bits per heavy atom. The van der Waals surface area contributed by atoms with Crippen LogP contribution in [0.2, 0.25) is 0 Å². The van der Waals surface area contributed by atoms with Gasteiger partial charge in [-0.05, 0) is 62.4 Å². The minimum atomic E-state index is -0.139. The van der Waals surface area contributed by atoms with Gasteiger partial charge >= 0.3 is 0 Å². The first-order chi connectivity index (χ1) is 13.1. The molecule has 142 valence electrons. The van der Waals surface area contributed by atoms with Crippen molar-refractivity contribution in [2.75, 3.05) is 7.11 Å². The molecule has 1 aliphatic carbocycles. The number of carbonyl (C=O) groups is 1. The smallest absolute Gasteiger partial charge is 0.251 e. The number of amides is 1. The normalized spacial score (nSPS) is 20.4. The van der Waals surface area contributed by atoms with Crippen molar-refractivity contribution in [2.24, 2.45) is 0 Å². The molecule has 1 heterocycles. The summed E-state index contributed by atoms with van der Waals surface area (Å²) in [6, 6.07) is 13.6. The molecule has 2 aliphatic rings. The monoisotopic (exact) mass is 365 g/mol. The number of aryl methyl sites for hydroxylation is 1. The number of carbonyl (C=O) groups excluding carboxylic acids is 1. The van der Waals surface area contributed by atoms with Crippen LogP contribution in [0.4, 0.5) is 0 Å². The van der Waals surface area contributed by atoms with Crippen LogP contribution in [0, 0.1) is 6.92 Å². The predicted molar refractivity (Wildman–Crippen MR) is 105 cm³/mol. The van der Waals surface area contributed by atoms with E-state index in [1.54, 1.807) is 7.11 Å². The maximum Gasteiger partial charge on any atom is 0.251 e. The van der Waals surface area contributed by atoms with Gasteiger partial charge < -0.3 is 14.8 Å². The molecule has 1 amide bonds. The Balaban J connectivity index is 1.60. The summed E-state index contributed by atoms with van der Waals surface area (Å²) in [5.41, 5.74) is 2.56. The minimum absolute atomic E-state index is 0.0250. The van der Waals surface area contributed by atoms with Crippen molar-refractivity contribution in [3.63, 3.8) is 0 Å². The maximum atomic E-state index is 13.0. The number of para-hydroxylation sites is 1. The van der Waals surface area contributed by atoms with Crippen LogP contribution in [0.25, 0.3) is 0 Å². The third kappa shape index (κ3) is 3.53. The molecule has 1 fully saturated rings. The fraction of sp³-hybridized carbons (Fsp3) is 0.435. The van der Waals surface area contributed by atoms with Gasteiger partial charge in [-0.2, -0.15) is 0 Å². The van der Waals surface area contributed by atoms with Crippen LogP contribution in [0.1, 0.15) is 66.1 Å². The lowest BCUT2D eigenvalue weighted by Gasteiger charge is -2.44. The first-order valence-corrected chi connectivity index (χ1v) is 9.84. The Bertz CT molecular complexity index is 839. The highest BCUT2D eigenvalue weighted by Crippen LogP contribution is 2.46. The molecule has 1 aliphatic heterocycles. The molecular formula is C23H27NO3. The van der Waals surface area contributed by atoms with Crippen LogP contribution in [-0.4, -0.2) is 18.6 Å². The Kier molecular flexibility index (Phi) is 4.81. The lowest BCUT2D eigenvalue weighted by Crippen LogP contribution is -2.46. The number of hydrogen-bond acceptors (Lipinski definition) is 3. The maximum absolute atomic E-state index is 13.0. The molecule has 27 heavy (non-hydrogen) atoms. The average Bonchev–Trinajstić information content (AvgIpc) is 2.68. The van der Waals surface area contributed by atoms with Crippen molar-refractivity contribution in [2.45, 2.75) is 57.1 Å². The highest BCUT2D eigenvalue weighted by Gasteiger charge is 2.42. The van der Waals surface area contributed by atoms with Crippen molar-refractivity contribution in [3.8, 4) is 11.5 Å². The van der Waals surface area contributed by atoms with Crippen LogP contribution in [0.15, 0.2) is 42.5 Å². The Morgan fingerprint density at radius 1 is 1.15 bits per heavy atom. The number of rotatable bonds is 3. The molecule has 0 unspecified atom stereocenters. The van der Waals surface area contributed by atoms with Gasteiger partial charge in [0, 0.05) is 17.5 Å². The van der Waals surface area contributed by atoms with E-state index in [1.807, 2.05) is 43.3 Å². The summed E-state index contributed by atoms with van der Waals surface area (Å²) < 4.78 is 11.8. The molecule has 0 bridgehead atoms. The molecule has 1 saturated carbocycles. The third-order valence-corrected chi connectivity index (χ3v) is 5.92. The Hall–Kier alpha value is -2.49. The van der Waals surface area contributed by atoms with E-state index in [1.165, 1.54) is 19.3 Å². The second kappa shape index (κ2) is 7.26. The lowest BCUT2D eigenvalue weighted by molar-refractivity contribution is -0.00209. The van der Waals surface area contributed by atoms with Gasteiger partial charge in [0.25, 0.3) is 5.91 Å². The summed E-state index contributed by atoms with van der Waals surface area (Å²) in [5.74, 6) is 1.67. The Labute approximate surface area is 160 Å². The van der Waals surface area contributed by atoms with Gasteiger partial charge in [-0.3, -0.25) is 4.79 Å². The zero-order chi connectivity index (χ0) is 18.9. The fourth-order valence-corrected chi connectivity index (χ4v) is 4.51. The highest BCUT2D eigenvalue weighted by molar-refractivity contribution is 5.95. The van der Waals surface area contributed by atoms with Gasteiger partial charge in [-0.25, -0.2) is 0 Å². The van der Waals surface area contributed by atoms with Crippen LogP contribution in [0.3, 0.4) is 0 Å². The van der Waals surface area contributed by atoms with E-state index in [0.29, 0.717) is 5.56 Å². The van der Waals surface area contributed by atoms with Crippen molar-refractivity contribution in [1.82, 2.24) is 5.32 Å². The van der Waals surface area contributed by atoms with E-state index in [4.69, 9.17) is 9.47 Å². The first-order valence-electron chi connectivity index (χ1n) is 9.84. The first kappa shape index (κ1) is 17.9.